The molecule has 2 rings (SSSR count). The van der Waals surface area contributed by atoms with Gasteiger partial charge in [0.25, 0.3) is 0 Å². The van der Waals surface area contributed by atoms with Gasteiger partial charge in [-0.3, -0.25) is 9.69 Å². The topological polar surface area (TPSA) is 44.4 Å². The summed E-state index contributed by atoms with van der Waals surface area (Å²) in [5.41, 5.74) is 0.632. The van der Waals surface area contributed by atoms with Crippen LogP contribution in [0.25, 0.3) is 0 Å². The Kier molecular flexibility index (Phi) is 6.81. The molecule has 0 bridgehead atoms. The maximum Gasteiger partial charge on any atom is 0.233 e. The number of piperidine rings is 1. The van der Waals surface area contributed by atoms with Crippen molar-refractivity contribution in [2.45, 2.75) is 38.3 Å². The summed E-state index contributed by atoms with van der Waals surface area (Å²) in [4.78, 5) is 13.6. The molecule has 1 heterocycles. The van der Waals surface area contributed by atoms with Crippen LogP contribution in [0.5, 0.6) is 0 Å². The van der Waals surface area contributed by atoms with Gasteiger partial charge in [-0.05, 0) is 25.3 Å². The number of amides is 1. The molecular weight excluding hydrogens is 317 g/mol. The summed E-state index contributed by atoms with van der Waals surface area (Å²) in [5.74, 6) is -0.283. The molecule has 0 saturated carbocycles. The number of likely N-dealkylation sites (N-methyl/N-ethyl adjacent to an activating group) is 1. The van der Waals surface area contributed by atoms with Gasteiger partial charge >= 0.3 is 0 Å². The first kappa shape index (κ1) is 18.2. The van der Waals surface area contributed by atoms with Crippen molar-refractivity contribution in [1.29, 1.82) is 0 Å². The number of halogens is 2. The standard InChI is InChI=1S/C17H25ClFN3O/c1-3-15(13-5-4-6-14(18)17(13)19)21-12-7-9-22(10-8-12)11-16(23)20-2/h4-6,12,15,21H,3,7-11H2,1-2H3,(H,20,23). The van der Waals surface area contributed by atoms with Gasteiger partial charge in [0.15, 0.2) is 0 Å². The monoisotopic (exact) mass is 341 g/mol. The SMILES string of the molecule is CCC(NC1CCN(CC(=O)NC)CC1)c1cccc(Cl)c1F. The van der Waals surface area contributed by atoms with Gasteiger partial charge in [0, 0.05) is 37.8 Å². The number of rotatable bonds is 6. The van der Waals surface area contributed by atoms with Crippen molar-refractivity contribution >= 4 is 17.5 Å². The zero-order valence-corrected chi connectivity index (χ0v) is 14.5. The number of benzene rings is 1. The Morgan fingerprint density at radius 1 is 1.43 bits per heavy atom. The summed E-state index contributed by atoms with van der Waals surface area (Å²) in [7, 11) is 1.65. The molecule has 1 atom stereocenters. The van der Waals surface area contributed by atoms with Crippen LogP contribution in [-0.2, 0) is 4.79 Å². The van der Waals surface area contributed by atoms with E-state index in [-0.39, 0.29) is 22.8 Å². The second kappa shape index (κ2) is 8.62. The second-order valence-corrected chi connectivity index (χ2v) is 6.40. The average Bonchev–Trinajstić information content (AvgIpc) is 2.57. The van der Waals surface area contributed by atoms with Crippen LogP contribution in [0, 0.1) is 5.82 Å². The van der Waals surface area contributed by atoms with E-state index in [2.05, 4.69) is 15.5 Å². The van der Waals surface area contributed by atoms with E-state index in [1.54, 1.807) is 25.2 Å². The Bertz CT molecular complexity index is 533. The fraction of sp³-hybridized carbons (Fsp3) is 0.588. The van der Waals surface area contributed by atoms with Gasteiger partial charge in [-0.25, -0.2) is 4.39 Å². The van der Waals surface area contributed by atoms with Crippen LogP contribution in [0.4, 0.5) is 4.39 Å². The zero-order valence-electron chi connectivity index (χ0n) is 13.7. The summed E-state index contributed by atoms with van der Waals surface area (Å²) in [6.45, 7) is 4.24. The molecule has 0 aliphatic carbocycles. The van der Waals surface area contributed by atoms with Crippen LogP contribution in [0.1, 0.15) is 37.8 Å². The Balaban J connectivity index is 1.91. The molecule has 2 N–H and O–H groups in total. The Morgan fingerprint density at radius 2 is 2.13 bits per heavy atom. The average molecular weight is 342 g/mol. The molecule has 4 nitrogen and oxygen atoms in total. The highest BCUT2D eigenvalue weighted by molar-refractivity contribution is 6.30. The van der Waals surface area contributed by atoms with Gasteiger partial charge in [0.2, 0.25) is 5.91 Å². The largest absolute Gasteiger partial charge is 0.358 e. The fourth-order valence-corrected chi connectivity index (χ4v) is 3.22. The van der Waals surface area contributed by atoms with Gasteiger partial charge in [0.1, 0.15) is 5.82 Å². The first-order chi connectivity index (χ1) is 11.0. The van der Waals surface area contributed by atoms with Crippen molar-refractivity contribution in [3.8, 4) is 0 Å². The minimum absolute atomic E-state index is 0.0378. The molecule has 1 aromatic rings. The summed E-state index contributed by atoms with van der Waals surface area (Å²) < 4.78 is 14.2. The molecule has 1 aliphatic heterocycles. The molecule has 0 radical (unpaired) electrons. The van der Waals surface area contributed by atoms with E-state index in [0.717, 1.165) is 32.4 Å². The van der Waals surface area contributed by atoms with E-state index in [0.29, 0.717) is 18.2 Å². The molecule has 0 aromatic heterocycles. The molecule has 1 saturated heterocycles. The predicted molar refractivity (Wildman–Crippen MR) is 91.1 cm³/mol. The van der Waals surface area contributed by atoms with Crippen LogP contribution in [0.2, 0.25) is 5.02 Å². The Morgan fingerprint density at radius 3 is 2.74 bits per heavy atom. The van der Waals surface area contributed by atoms with E-state index in [4.69, 9.17) is 11.6 Å². The normalized spacial score (nSPS) is 17.9. The van der Waals surface area contributed by atoms with E-state index in [1.807, 2.05) is 6.92 Å². The van der Waals surface area contributed by atoms with Crippen LogP contribution in [-0.4, -0.2) is 43.5 Å². The number of hydrogen-bond donors (Lipinski definition) is 2. The quantitative estimate of drug-likeness (QED) is 0.836. The van der Waals surface area contributed by atoms with Crippen molar-refractivity contribution in [1.82, 2.24) is 15.5 Å². The van der Waals surface area contributed by atoms with Gasteiger partial charge in [0.05, 0.1) is 11.6 Å². The summed E-state index contributed by atoms with van der Waals surface area (Å²) in [5, 5.41) is 6.37. The minimum atomic E-state index is -0.328. The van der Waals surface area contributed by atoms with E-state index in [1.165, 1.54) is 0 Å². The van der Waals surface area contributed by atoms with Crippen molar-refractivity contribution in [3.05, 3.63) is 34.6 Å². The first-order valence-corrected chi connectivity index (χ1v) is 8.55. The number of likely N-dealkylation sites (tertiary alicyclic amines) is 1. The molecule has 1 fully saturated rings. The van der Waals surface area contributed by atoms with Crippen molar-refractivity contribution in [2.75, 3.05) is 26.7 Å². The van der Waals surface area contributed by atoms with E-state index >= 15 is 0 Å². The molecule has 1 amide bonds. The van der Waals surface area contributed by atoms with Crippen LogP contribution < -0.4 is 10.6 Å². The van der Waals surface area contributed by atoms with Gasteiger partial charge in [-0.1, -0.05) is 30.7 Å². The summed E-state index contributed by atoms with van der Waals surface area (Å²) in [6, 6.07) is 5.45. The maximum atomic E-state index is 14.2. The highest BCUT2D eigenvalue weighted by Crippen LogP contribution is 2.26. The smallest absolute Gasteiger partial charge is 0.233 e. The number of carbonyl (C=O) groups excluding carboxylic acids is 1. The molecule has 0 spiro atoms. The molecule has 1 aromatic carbocycles. The lowest BCUT2D eigenvalue weighted by atomic mass is 9.99. The molecule has 128 valence electrons. The van der Waals surface area contributed by atoms with Crippen LogP contribution in [0.3, 0.4) is 0 Å². The predicted octanol–water partition coefficient (Wildman–Crippen LogP) is 2.73. The summed E-state index contributed by atoms with van der Waals surface area (Å²) in [6.07, 6.45) is 2.71. The van der Waals surface area contributed by atoms with E-state index < -0.39 is 0 Å². The van der Waals surface area contributed by atoms with Gasteiger partial charge in [-0.2, -0.15) is 0 Å². The second-order valence-electron chi connectivity index (χ2n) is 5.99. The third-order valence-corrected chi connectivity index (χ3v) is 4.73. The fourth-order valence-electron chi connectivity index (χ4n) is 3.04. The van der Waals surface area contributed by atoms with Crippen molar-refractivity contribution in [3.63, 3.8) is 0 Å². The van der Waals surface area contributed by atoms with Crippen molar-refractivity contribution < 1.29 is 9.18 Å². The number of nitrogens with one attached hydrogen (secondary N) is 2. The lowest BCUT2D eigenvalue weighted by molar-refractivity contribution is -0.122. The first-order valence-electron chi connectivity index (χ1n) is 8.18. The van der Waals surface area contributed by atoms with Crippen molar-refractivity contribution in [2.24, 2.45) is 0 Å². The zero-order chi connectivity index (χ0) is 16.8. The van der Waals surface area contributed by atoms with Gasteiger partial charge < -0.3 is 10.6 Å². The minimum Gasteiger partial charge on any atom is -0.358 e. The number of carbonyl (C=O) groups is 1. The van der Waals surface area contributed by atoms with Crippen LogP contribution >= 0.6 is 11.6 Å². The molecule has 23 heavy (non-hydrogen) atoms. The third kappa shape index (κ3) is 4.90. The lowest BCUT2D eigenvalue weighted by Crippen LogP contribution is -2.46. The molecular formula is C17H25ClFN3O. The number of hydrogen-bond acceptors (Lipinski definition) is 3. The van der Waals surface area contributed by atoms with Crippen LogP contribution in [0.15, 0.2) is 18.2 Å². The Labute approximate surface area is 142 Å². The summed E-state index contributed by atoms with van der Waals surface area (Å²) >= 11 is 5.89. The molecule has 1 aliphatic rings. The lowest BCUT2D eigenvalue weighted by Gasteiger charge is -2.34. The van der Waals surface area contributed by atoms with Gasteiger partial charge in [-0.15, -0.1) is 0 Å². The highest BCUT2D eigenvalue weighted by atomic mass is 35.5. The van der Waals surface area contributed by atoms with E-state index in [9.17, 15) is 9.18 Å². The maximum absolute atomic E-state index is 14.2. The molecule has 1 unspecified atom stereocenters. The number of nitrogens with zero attached hydrogens (tertiary/aromatic N) is 1. The molecule has 6 heteroatoms. The highest BCUT2D eigenvalue weighted by Gasteiger charge is 2.24. The third-order valence-electron chi connectivity index (χ3n) is 4.44. The Hall–Kier alpha value is -1.17.